The average molecular weight is 286 g/mol. The number of H-pyrrole nitrogens is 1. The molecule has 0 saturated carbocycles. The van der Waals surface area contributed by atoms with Crippen molar-refractivity contribution >= 4 is 21.8 Å². The van der Waals surface area contributed by atoms with Gasteiger partial charge in [-0.15, -0.1) is 0 Å². The fourth-order valence-corrected chi connectivity index (χ4v) is 2.77. The summed E-state index contributed by atoms with van der Waals surface area (Å²) in [5.74, 6) is 1.20. The summed E-state index contributed by atoms with van der Waals surface area (Å²) in [6, 6.07) is 0. The molecule has 1 aliphatic heterocycles. The topological polar surface area (TPSA) is 49.0 Å². The second-order valence-electron chi connectivity index (χ2n) is 4.75. The zero-order valence-corrected chi connectivity index (χ0v) is 11.1. The summed E-state index contributed by atoms with van der Waals surface area (Å²) >= 11 is 3.32. The molecule has 1 aliphatic rings. The normalized spacial score (nSPS) is 25.8. The minimum atomic E-state index is 0.0442. The fourth-order valence-electron chi connectivity index (χ4n) is 2.41. The predicted molar refractivity (Wildman–Crippen MR) is 65.1 cm³/mol. The summed E-state index contributed by atoms with van der Waals surface area (Å²) in [7, 11) is 0. The standard InChI is InChI=1S/C11H16BrN3O/c1-7-3-8(2)6-15(5-7)11(16)10-9(12)4-13-14-10/h4,7-8H,3,5-6H2,1-2H3,(H,13,14)/t7-,8-/m0/s1. The lowest BCUT2D eigenvalue weighted by Crippen LogP contribution is -2.42. The number of nitrogens with zero attached hydrogens (tertiary/aromatic N) is 2. The second kappa shape index (κ2) is 4.57. The summed E-state index contributed by atoms with van der Waals surface area (Å²) in [4.78, 5) is 14.1. The van der Waals surface area contributed by atoms with E-state index < -0.39 is 0 Å². The van der Waals surface area contributed by atoms with Gasteiger partial charge in [0.15, 0.2) is 0 Å². The summed E-state index contributed by atoms with van der Waals surface area (Å²) in [5, 5.41) is 6.60. The van der Waals surface area contributed by atoms with E-state index in [-0.39, 0.29) is 5.91 Å². The van der Waals surface area contributed by atoms with Gasteiger partial charge in [0, 0.05) is 13.1 Å². The number of halogens is 1. The molecular weight excluding hydrogens is 270 g/mol. The Bertz CT molecular complexity index is 380. The van der Waals surface area contributed by atoms with Crippen LogP contribution in [0, 0.1) is 11.8 Å². The monoisotopic (exact) mass is 285 g/mol. The van der Waals surface area contributed by atoms with Crippen molar-refractivity contribution in [3.63, 3.8) is 0 Å². The van der Waals surface area contributed by atoms with Crippen LogP contribution >= 0.6 is 15.9 Å². The first-order valence-corrected chi connectivity index (χ1v) is 6.35. The number of hydrogen-bond acceptors (Lipinski definition) is 2. The van der Waals surface area contributed by atoms with Gasteiger partial charge < -0.3 is 4.90 Å². The van der Waals surface area contributed by atoms with Crippen LogP contribution in [0.3, 0.4) is 0 Å². The van der Waals surface area contributed by atoms with Crippen LogP contribution in [-0.2, 0) is 0 Å². The van der Waals surface area contributed by atoms with Crippen LogP contribution in [0.4, 0.5) is 0 Å². The smallest absolute Gasteiger partial charge is 0.273 e. The maximum atomic E-state index is 12.2. The molecule has 5 heteroatoms. The van der Waals surface area contributed by atoms with Gasteiger partial charge >= 0.3 is 0 Å². The first kappa shape index (κ1) is 11.6. The third-order valence-corrected chi connectivity index (χ3v) is 3.56. The first-order valence-electron chi connectivity index (χ1n) is 5.56. The maximum absolute atomic E-state index is 12.2. The molecule has 0 aliphatic carbocycles. The van der Waals surface area contributed by atoms with E-state index in [1.807, 2.05) is 4.90 Å². The number of amides is 1. The van der Waals surface area contributed by atoms with Crippen LogP contribution in [0.15, 0.2) is 10.7 Å². The number of carbonyl (C=O) groups excluding carboxylic acids is 1. The van der Waals surface area contributed by atoms with E-state index in [1.165, 1.54) is 6.42 Å². The van der Waals surface area contributed by atoms with E-state index in [4.69, 9.17) is 0 Å². The molecule has 1 N–H and O–H groups in total. The lowest BCUT2D eigenvalue weighted by atomic mass is 9.92. The zero-order chi connectivity index (χ0) is 11.7. The molecule has 1 saturated heterocycles. The SMILES string of the molecule is C[C@H]1C[C@H](C)CN(C(=O)c2[nH]ncc2Br)C1. The number of hydrogen-bond donors (Lipinski definition) is 1. The quantitative estimate of drug-likeness (QED) is 0.861. The molecule has 1 amide bonds. The highest BCUT2D eigenvalue weighted by Crippen LogP contribution is 2.23. The summed E-state index contributed by atoms with van der Waals surface area (Å²) in [6.45, 7) is 6.07. The van der Waals surface area contributed by atoms with Crippen molar-refractivity contribution in [3.8, 4) is 0 Å². The Labute approximate surface area is 104 Å². The van der Waals surface area contributed by atoms with Gasteiger partial charge in [0.25, 0.3) is 5.91 Å². The Morgan fingerprint density at radius 1 is 1.50 bits per heavy atom. The van der Waals surface area contributed by atoms with Crippen molar-refractivity contribution in [2.75, 3.05) is 13.1 Å². The molecule has 1 fully saturated rings. The molecule has 2 heterocycles. The zero-order valence-electron chi connectivity index (χ0n) is 9.53. The van der Waals surface area contributed by atoms with Crippen molar-refractivity contribution in [1.82, 2.24) is 15.1 Å². The molecule has 0 aromatic carbocycles. The van der Waals surface area contributed by atoms with E-state index >= 15 is 0 Å². The number of aromatic nitrogens is 2. The molecule has 1 aromatic rings. The van der Waals surface area contributed by atoms with Crippen LogP contribution in [0.2, 0.25) is 0 Å². The van der Waals surface area contributed by atoms with E-state index in [0.717, 1.165) is 17.6 Å². The van der Waals surface area contributed by atoms with Gasteiger partial charge in [-0.3, -0.25) is 9.89 Å². The minimum absolute atomic E-state index is 0.0442. The number of piperidine rings is 1. The van der Waals surface area contributed by atoms with E-state index in [2.05, 4.69) is 40.0 Å². The molecule has 88 valence electrons. The number of aromatic amines is 1. The number of nitrogens with one attached hydrogen (secondary N) is 1. The van der Waals surface area contributed by atoms with Gasteiger partial charge in [-0.1, -0.05) is 13.8 Å². The molecule has 1 aromatic heterocycles. The highest BCUT2D eigenvalue weighted by atomic mass is 79.9. The molecule has 4 nitrogen and oxygen atoms in total. The average Bonchev–Trinajstić information content (AvgIpc) is 2.62. The molecular formula is C11H16BrN3O. The van der Waals surface area contributed by atoms with Crippen LogP contribution in [0.1, 0.15) is 30.8 Å². The predicted octanol–water partition coefficient (Wildman–Crippen LogP) is 2.29. The van der Waals surface area contributed by atoms with Gasteiger partial charge in [0.1, 0.15) is 5.69 Å². The van der Waals surface area contributed by atoms with Crippen LogP contribution in [0.25, 0.3) is 0 Å². The van der Waals surface area contributed by atoms with Crippen LogP contribution in [-0.4, -0.2) is 34.1 Å². The molecule has 0 unspecified atom stereocenters. The Balaban J connectivity index is 2.13. The summed E-state index contributed by atoms with van der Waals surface area (Å²) in [6.07, 6.45) is 2.82. The number of likely N-dealkylation sites (tertiary alicyclic amines) is 1. The lowest BCUT2D eigenvalue weighted by molar-refractivity contribution is 0.0616. The molecule has 2 rings (SSSR count). The van der Waals surface area contributed by atoms with Gasteiger partial charge in [0.2, 0.25) is 0 Å². The Kier molecular flexibility index (Phi) is 3.33. The first-order chi connectivity index (χ1) is 7.58. The second-order valence-corrected chi connectivity index (χ2v) is 5.60. The van der Waals surface area contributed by atoms with Gasteiger partial charge in [0.05, 0.1) is 10.7 Å². The molecule has 2 atom stereocenters. The van der Waals surface area contributed by atoms with Crippen molar-refractivity contribution in [2.45, 2.75) is 20.3 Å². The van der Waals surface area contributed by atoms with Gasteiger partial charge in [-0.2, -0.15) is 5.10 Å². The molecule has 0 spiro atoms. The Morgan fingerprint density at radius 3 is 2.62 bits per heavy atom. The highest BCUT2D eigenvalue weighted by Gasteiger charge is 2.27. The van der Waals surface area contributed by atoms with Crippen molar-refractivity contribution in [2.24, 2.45) is 11.8 Å². The summed E-state index contributed by atoms with van der Waals surface area (Å²) < 4.78 is 0.739. The van der Waals surface area contributed by atoms with Gasteiger partial charge in [-0.25, -0.2) is 0 Å². The molecule has 0 radical (unpaired) electrons. The van der Waals surface area contributed by atoms with E-state index in [1.54, 1.807) is 6.20 Å². The minimum Gasteiger partial charge on any atom is -0.337 e. The van der Waals surface area contributed by atoms with Crippen molar-refractivity contribution in [3.05, 3.63) is 16.4 Å². The number of carbonyl (C=O) groups is 1. The summed E-state index contributed by atoms with van der Waals surface area (Å²) in [5.41, 5.74) is 0.557. The fraction of sp³-hybridized carbons (Fsp3) is 0.636. The Morgan fingerprint density at radius 2 is 2.12 bits per heavy atom. The molecule has 16 heavy (non-hydrogen) atoms. The third-order valence-electron chi connectivity index (χ3n) is 2.96. The van der Waals surface area contributed by atoms with Crippen molar-refractivity contribution < 1.29 is 4.79 Å². The lowest BCUT2D eigenvalue weighted by Gasteiger charge is -2.34. The van der Waals surface area contributed by atoms with Gasteiger partial charge in [-0.05, 0) is 34.2 Å². The van der Waals surface area contributed by atoms with Crippen LogP contribution in [0.5, 0.6) is 0 Å². The van der Waals surface area contributed by atoms with Crippen LogP contribution < -0.4 is 0 Å². The number of rotatable bonds is 1. The largest absolute Gasteiger partial charge is 0.337 e. The highest BCUT2D eigenvalue weighted by molar-refractivity contribution is 9.10. The molecule has 0 bridgehead atoms. The van der Waals surface area contributed by atoms with Crippen molar-refractivity contribution in [1.29, 1.82) is 0 Å². The van der Waals surface area contributed by atoms with E-state index in [0.29, 0.717) is 17.5 Å². The third kappa shape index (κ3) is 2.29. The maximum Gasteiger partial charge on any atom is 0.273 e. The van der Waals surface area contributed by atoms with E-state index in [9.17, 15) is 4.79 Å². The Hall–Kier alpha value is -0.840.